The minimum absolute atomic E-state index is 0.285. The van der Waals surface area contributed by atoms with E-state index in [4.69, 9.17) is 4.74 Å². The predicted molar refractivity (Wildman–Crippen MR) is 63.5 cm³/mol. The van der Waals surface area contributed by atoms with E-state index in [9.17, 15) is 5.11 Å². The predicted octanol–water partition coefficient (Wildman–Crippen LogP) is 1.16. The number of hydrogen-bond acceptors (Lipinski definition) is 4. The number of aliphatic hydroxyl groups is 1. The molecule has 0 aromatic carbocycles. The monoisotopic (exact) mass is 224 g/mol. The summed E-state index contributed by atoms with van der Waals surface area (Å²) in [6.07, 6.45) is 1.20. The highest BCUT2D eigenvalue weighted by molar-refractivity contribution is 5.09. The van der Waals surface area contributed by atoms with Crippen LogP contribution in [0.15, 0.2) is 24.4 Å². The number of nitrogens with zero attached hydrogens (tertiary/aromatic N) is 2. The topological polar surface area (TPSA) is 45.6 Å². The molecule has 1 rings (SSSR count). The molecule has 16 heavy (non-hydrogen) atoms. The molecule has 0 amide bonds. The van der Waals surface area contributed by atoms with Crippen molar-refractivity contribution in [2.75, 3.05) is 26.2 Å². The number of ether oxygens (including phenoxy) is 1. The molecule has 4 heteroatoms. The number of rotatable bonds is 7. The molecule has 0 spiro atoms. The lowest BCUT2D eigenvalue weighted by molar-refractivity contribution is 0.0699. The third-order valence-corrected chi connectivity index (χ3v) is 2.42. The molecule has 4 nitrogen and oxygen atoms in total. The van der Waals surface area contributed by atoms with Gasteiger partial charge in [-0.15, -0.1) is 0 Å². The average molecular weight is 224 g/mol. The summed E-state index contributed by atoms with van der Waals surface area (Å²) in [6.45, 7) is 6.97. The van der Waals surface area contributed by atoms with Crippen LogP contribution in [-0.2, 0) is 0 Å². The lowest BCUT2D eigenvalue weighted by atomic mass is 10.3. The van der Waals surface area contributed by atoms with Crippen molar-refractivity contribution in [1.82, 2.24) is 9.88 Å². The van der Waals surface area contributed by atoms with Gasteiger partial charge in [0.25, 0.3) is 0 Å². The third-order valence-electron chi connectivity index (χ3n) is 2.42. The molecule has 1 N–H and O–H groups in total. The second kappa shape index (κ2) is 7.19. The first kappa shape index (κ1) is 12.9. The van der Waals surface area contributed by atoms with Crippen molar-refractivity contribution in [1.29, 1.82) is 0 Å². The fraction of sp³-hybridized carbons (Fsp3) is 0.583. The Kier molecular flexibility index (Phi) is 5.82. The molecule has 1 aromatic heterocycles. The van der Waals surface area contributed by atoms with E-state index in [2.05, 4.69) is 23.7 Å². The van der Waals surface area contributed by atoms with Gasteiger partial charge >= 0.3 is 0 Å². The lowest BCUT2D eigenvalue weighted by Gasteiger charge is -2.21. The molecule has 0 fully saturated rings. The molecule has 1 heterocycles. The van der Waals surface area contributed by atoms with Crippen molar-refractivity contribution in [3.05, 3.63) is 24.4 Å². The second-order valence-corrected chi connectivity index (χ2v) is 3.62. The quantitative estimate of drug-likeness (QED) is 0.755. The van der Waals surface area contributed by atoms with Crippen molar-refractivity contribution in [3.8, 4) is 5.88 Å². The van der Waals surface area contributed by atoms with Crippen LogP contribution in [0.2, 0.25) is 0 Å². The van der Waals surface area contributed by atoms with Crippen molar-refractivity contribution < 1.29 is 9.84 Å². The van der Waals surface area contributed by atoms with Gasteiger partial charge in [0, 0.05) is 18.8 Å². The average Bonchev–Trinajstić information content (AvgIpc) is 2.34. The first-order valence-electron chi connectivity index (χ1n) is 5.70. The number of aromatic nitrogens is 1. The Labute approximate surface area is 96.9 Å². The molecule has 1 unspecified atom stereocenters. The molecule has 0 bridgehead atoms. The number of likely N-dealkylation sites (N-methyl/N-ethyl adjacent to an activating group) is 1. The van der Waals surface area contributed by atoms with Crippen molar-refractivity contribution in [2.45, 2.75) is 20.0 Å². The van der Waals surface area contributed by atoms with Crippen LogP contribution >= 0.6 is 0 Å². The van der Waals surface area contributed by atoms with Gasteiger partial charge in [0.05, 0.1) is 0 Å². The summed E-state index contributed by atoms with van der Waals surface area (Å²) in [5.41, 5.74) is 0. The molecule has 1 aromatic rings. The molecule has 0 saturated heterocycles. The Bertz CT molecular complexity index is 276. The smallest absolute Gasteiger partial charge is 0.213 e. The van der Waals surface area contributed by atoms with E-state index in [1.165, 1.54) is 0 Å². The summed E-state index contributed by atoms with van der Waals surface area (Å²) in [4.78, 5) is 6.18. The molecule has 90 valence electrons. The molecule has 0 saturated carbocycles. The molecule has 0 aliphatic rings. The van der Waals surface area contributed by atoms with Crippen LogP contribution in [0.3, 0.4) is 0 Å². The van der Waals surface area contributed by atoms with Crippen molar-refractivity contribution >= 4 is 0 Å². The zero-order valence-electron chi connectivity index (χ0n) is 9.97. The Morgan fingerprint density at radius 3 is 2.69 bits per heavy atom. The molecule has 1 atom stereocenters. The summed E-state index contributed by atoms with van der Waals surface area (Å²) >= 11 is 0. The maximum Gasteiger partial charge on any atom is 0.213 e. The maximum absolute atomic E-state index is 9.75. The summed E-state index contributed by atoms with van der Waals surface area (Å²) in [5.74, 6) is 0.557. The zero-order chi connectivity index (χ0) is 11.8. The standard InChI is InChI=1S/C12H20N2O2/c1-3-14(4-2)9-11(15)10-16-12-7-5-6-8-13-12/h5-8,11,15H,3-4,9-10H2,1-2H3. The van der Waals surface area contributed by atoms with Crippen LogP contribution in [0.25, 0.3) is 0 Å². The summed E-state index contributed by atoms with van der Waals surface area (Å²) in [6, 6.07) is 5.47. The van der Waals surface area contributed by atoms with E-state index in [-0.39, 0.29) is 6.61 Å². The largest absolute Gasteiger partial charge is 0.475 e. The van der Waals surface area contributed by atoms with Crippen LogP contribution in [0.5, 0.6) is 5.88 Å². The summed E-state index contributed by atoms with van der Waals surface area (Å²) in [7, 11) is 0. The fourth-order valence-electron chi connectivity index (χ4n) is 1.45. The number of aliphatic hydroxyl groups excluding tert-OH is 1. The van der Waals surface area contributed by atoms with Gasteiger partial charge in [-0.2, -0.15) is 0 Å². The SMILES string of the molecule is CCN(CC)CC(O)COc1ccccn1. The van der Waals surface area contributed by atoms with E-state index in [0.29, 0.717) is 12.4 Å². The molecule has 0 radical (unpaired) electrons. The Balaban J connectivity index is 2.27. The zero-order valence-corrected chi connectivity index (χ0v) is 9.97. The van der Waals surface area contributed by atoms with E-state index < -0.39 is 6.10 Å². The van der Waals surface area contributed by atoms with E-state index >= 15 is 0 Å². The Hall–Kier alpha value is -1.13. The minimum Gasteiger partial charge on any atom is -0.475 e. The fourth-order valence-corrected chi connectivity index (χ4v) is 1.45. The van der Waals surface area contributed by atoms with Crippen LogP contribution in [0, 0.1) is 0 Å². The Morgan fingerprint density at radius 2 is 2.12 bits per heavy atom. The molecule has 0 aliphatic heterocycles. The van der Waals surface area contributed by atoms with Gasteiger partial charge in [-0.05, 0) is 19.2 Å². The summed E-state index contributed by atoms with van der Waals surface area (Å²) in [5, 5.41) is 9.75. The van der Waals surface area contributed by atoms with Crippen LogP contribution in [0.1, 0.15) is 13.8 Å². The maximum atomic E-state index is 9.75. The van der Waals surface area contributed by atoms with Crippen LogP contribution < -0.4 is 4.74 Å². The molecular formula is C12H20N2O2. The van der Waals surface area contributed by atoms with E-state index in [1.54, 1.807) is 12.3 Å². The van der Waals surface area contributed by atoms with Gasteiger partial charge in [0.1, 0.15) is 12.7 Å². The highest BCUT2D eigenvalue weighted by Gasteiger charge is 2.09. The normalized spacial score (nSPS) is 12.8. The van der Waals surface area contributed by atoms with E-state index in [0.717, 1.165) is 13.1 Å². The van der Waals surface area contributed by atoms with Crippen molar-refractivity contribution in [2.24, 2.45) is 0 Å². The first-order chi connectivity index (χ1) is 7.76. The van der Waals surface area contributed by atoms with Gasteiger partial charge < -0.3 is 14.7 Å². The van der Waals surface area contributed by atoms with Gasteiger partial charge in [-0.1, -0.05) is 19.9 Å². The van der Waals surface area contributed by atoms with Gasteiger partial charge in [0.2, 0.25) is 5.88 Å². The second-order valence-electron chi connectivity index (χ2n) is 3.62. The molecule has 0 aliphatic carbocycles. The minimum atomic E-state index is -0.470. The van der Waals surface area contributed by atoms with E-state index in [1.807, 2.05) is 12.1 Å². The number of pyridine rings is 1. The third kappa shape index (κ3) is 4.59. The lowest BCUT2D eigenvalue weighted by Crippen LogP contribution is -2.35. The molecular weight excluding hydrogens is 204 g/mol. The van der Waals surface area contributed by atoms with Crippen molar-refractivity contribution in [3.63, 3.8) is 0 Å². The van der Waals surface area contributed by atoms with Gasteiger partial charge in [-0.25, -0.2) is 4.98 Å². The Morgan fingerprint density at radius 1 is 1.38 bits per heavy atom. The highest BCUT2D eigenvalue weighted by atomic mass is 16.5. The van der Waals surface area contributed by atoms with Crippen LogP contribution in [-0.4, -0.2) is 47.3 Å². The van der Waals surface area contributed by atoms with Crippen LogP contribution in [0.4, 0.5) is 0 Å². The highest BCUT2D eigenvalue weighted by Crippen LogP contribution is 2.04. The van der Waals surface area contributed by atoms with Gasteiger partial charge in [-0.3, -0.25) is 0 Å². The van der Waals surface area contributed by atoms with Gasteiger partial charge in [0.15, 0.2) is 0 Å². The summed E-state index contributed by atoms with van der Waals surface area (Å²) < 4.78 is 5.37. The first-order valence-corrected chi connectivity index (χ1v) is 5.70. The number of hydrogen-bond donors (Lipinski definition) is 1.